The highest BCUT2D eigenvalue weighted by Gasteiger charge is 2.24. The molecule has 7 nitrogen and oxygen atoms in total. The number of ether oxygens (including phenoxy) is 3. The Morgan fingerprint density at radius 2 is 2.08 bits per heavy atom. The molecule has 1 aliphatic carbocycles. The molecule has 0 saturated heterocycles. The summed E-state index contributed by atoms with van der Waals surface area (Å²) in [6.07, 6.45) is 5.14. The Bertz CT molecular complexity index is 733. The van der Waals surface area contributed by atoms with Crippen molar-refractivity contribution in [2.75, 3.05) is 20.0 Å². The molecule has 1 aromatic heterocycles. The molecule has 0 aliphatic heterocycles. The average Bonchev–Trinajstić information content (AvgIpc) is 2.66. The van der Waals surface area contributed by atoms with Crippen LogP contribution in [0, 0.1) is 24.2 Å². The third kappa shape index (κ3) is 4.51. The highest BCUT2D eigenvalue weighted by Crippen LogP contribution is 2.30. The Morgan fingerprint density at radius 3 is 2.64 bits per heavy atom. The standard InChI is InChI=1S/C16H17N3O4.C2H6/c1-9-11(18)8-19-15(14(9)16(20)22-3)23-12-5-4-10(7-17)6-13(12)21-2;1-2/h4-5,8,10H,6,18H2,1-3H3;1-2H3. The van der Waals surface area contributed by atoms with Crippen LogP contribution in [-0.4, -0.2) is 25.2 Å². The van der Waals surface area contributed by atoms with E-state index in [1.807, 2.05) is 13.8 Å². The van der Waals surface area contributed by atoms with Gasteiger partial charge >= 0.3 is 5.97 Å². The minimum Gasteiger partial charge on any atom is -0.497 e. The van der Waals surface area contributed by atoms with Crippen molar-refractivity contribution in [2.24, 2.45) is 5.92 Å². The number of hydrogen-bond acceptors (Lipinski definition) is 7. The van der Waals surface area contributed by atoms with Crippen molar-refractivity contribution in [2.45, 2.75) is 27.2 Å². The third-order valence-electron chi connectivity index (χ3n) is 3.51. The van der Waals surface area contributed by atoms with Crippen molar-refractivity contribution in [1.29, 1.82) is 5.26 Å². The fraction of sp³-hybridized carbons (Fsp3) is 0.389. The molecular weight excluding hydrogens is 322 g/mol. The van der Waals surface area contributed by atoms with Crippen LogP contribution in [0.3, 0.4) is 0 Å². The van der Waals surface area contributed by atoms with Gasteiger partial charge in [-0.1, -0.05) is 19.9 Å². The van der Waals surface area contributed by atoms with Crippen LogP contribution in [0.5, 0.6) is 5.88 Å². The molecule has 1 unspecified atom stereocenters. The molecule has 1 atom stereocenters. The monoisotopic (exact) mass is 345 g/mol. The maximum absolute atomic E-state index is 12.0. The summed E-state index contributed by atoms with van der Waals surface area (Å²) in [5.74, 6) is 0.102. The number of nitrogens with two attached hydrogens (primary N) is 1. The van der Waals surface area contributed by atoms with Gasteiger partial charge in [-0.05, 0) is 18.6 Å². The van der Waals surface area contributed by atoms with Gasteiger partial charge in [0.15, 0.2) is 5.76 Å². The Kier molecular flexibility index (Phi) is 7.47. The maximum atomic E-state index is 12.0. The van der Waals surface area contributed by atoms with Crippen LogP contribution in [0.4, 0.5) is 5.69 Å². The quantitative estimate of drug-likeness (QED) is 0.835. The smallest absolute Gasteiger partial charge is 0.343 e. The molecule has 2 rings (SSSR count). The number of carbonyl (C=O) groups excluding carboxylic acids is 1. The molecule has 0 aromatic carbocycles. The van der Waals surface area contributed by atoms with E-state index in [-0.39, 0.29) is 17.4 Å². The van der Waals surface area contributed by atoms with Crippen LogP contribution >= 0.6 is 0 Å². The molecule has 0 radical (unpaired) electrons. The van der Waals surface area contributed by atoms with Gasteiger partial charge in [-0.3, -0.25) is 0 Å². The molecule has 2 N–H and O–H groups in total. The average molecular weight is 345 g/mol. The number of hydrogen-bond donors (Lipinski definition) is 1. The number of anilines is 1. The van der Waals surface area contributed by atoms with Crippen molar-refractivity contribution in [3.63, 3.8) is 0 Å². The van der Waals surface area contributed by atoms with Crippen molar-refractivity contribution in [1.82, 2.24) is 4.98 Å². The van der Waals surface area contributed by atoms with Gasteiger partial charge in [-0.25, -0.2) is 9.78 Å². The lowest BCUT2D eigenvalue weighted by atomic mass is 10.00. The predicted molar refractivity (Wildman–Crippen MR) is 93.6 cm³/mol. The Balaban J connectivity index is 0.00000151. The zero-order valence-corrected chi connectivity index (χ0v) is 15.1. The topological polar surface area (TPSA) is 107 Å². The number of allylic oxidation sites excluding steroid dienone is 3. The number of aromatic nitrogens is 1. The SMILES string of the molecule is CC.COC(=O)c1c(OC2=C(OC)CC(C#N)C=C2)ncc(N)c1C. The lowest BCUT2D eigenvalue weighted by Crippen LogP contribution is -2.14. The van der Waals surface area contributed by atoms with Gasteiger partial charge < -0.3 is 19.9 Å². The lowest BCUT2D eigenvalue weighted by Gasteiger charge is -2.19. The van der Waals surface area contributed by atoms with E-state index in [4.69, 9.17) is 25.2 Å². The normalized spacial score (nSPS) is 15.6. The van der Waals surface area contributed by atoms with Gasteiger partial charge in [0.05, 0.1) is 38.1 Å². The van der Waals surface area contributed by atoms with Gasteiger partial charge in [0.2, 0.25) is 5.88 Å². The van der Waals surface area contributed by atoms with E-state index in [0.29, 0.717) is 29.2 Å². The van der Waals surface area contributed by atoms with E-state index in [0.717, 1.165) is 0 Å². The summed E-state index contributed by atoms with van der Waals surface area (Å²) in [7, 11) is 2.77. The molecule has 1 heterocycles. The molecule has 0 spiro atoms. The van der Waals surface area contributed by atoms with E-state index in [1.54, 1.807) is 19.1 Å². The Hall–Kier alpha value is -3.01. The zero-order valence-electron chi connectivity index (χ0n) is 15.1. The van der Waals surface area contributed by atoms with E-state index < -0.39 is 5.97 Å². The summed E-state index contributed by atoms with van der Waals surface area (Å²) in [6.45, 7) is 5.68. The van der Waals surface area contributed by atoms with E-state index in [1.165, 1.54) is 20.4 Å². The summed E-state index contributed by atoms with van der Waals surface area (Å²) in [5, 5.41) is 8.99. The first-order chi connectivity index (χ1) is 12.0. The van der Waals surface area contributed by atoms with Gasteiger partial charge in [0.25, 0.3) is 0 Å². The van der Waals surface area contributed by atoms with Crippen LogP contribution in [0.2, 0.25) is 0 Å². The number of nitriles is 1. The van der Waals surface area contributed by atoms with Crippen molar-refractivity contribution < 1.29 is 19.0 Å². The van der Waals surface area contributed by atoms with Crippen molar-refractivity contribution in [3.8, 4) is 11.9 Å². The maximum Gasteiger partial charge on any atom is 0.343 e. The molecule has 0 bridgehead atoms. The van der Waals surface area contributed by atoms with Crippen LogP contribution in [0.1, 0.15) is 36.2 Å². The van der Waals surface area contributed by atoms with Crippen LogP contribution in [0.15, 0.2) is 29.9 Å². The Labute approximate surface area is 147 Å². The van der Waals surface area contributed by atoms with Crippen LogP contribution < -0.4 is 10.5 Å². The summed E-state index contributed by atoms with van der Waals surface area (Å²) in [6, 6.07) is 2.15. The second kappa shape index (κ2) is 9.33. The van der Waals surface area contributed by atoms with E-state index >= 15 is 0 Å². The fourth-order valence-electron chi connectivity index (χ4n) is 2.15. The van der Waals surface area contributed by atoms with Crippen LogP contribution in [0.25, 0.3) is 0 Å². The third-order valence-corrected chi connectivity index (χ3v) is 3.51. The van der Waals surface area contributed by atoms with E-state index in [2.05, 4.69) is 11.1 Å². The first kappa shape index (κ1) is 20.0. The number of pyridine rings is 1. The molecule has 0 fully saturated rings. The molecular formula is C18H23N3O4. The minimum absolute atomic E-state index is 0.0770. The summed E-state index contributed by atoms with van der Waals surface area (Å²) < 4.78 is 15.8. The van der Waals surface area contributed by atoms with Crippen molar-refractivity contribution >= 4 is 11.7 Å². The molecule has 134 valence electrons. The van der Waals surface area contributed by atoms with Gasteiger partial charge in [-0.2, -0.15) is 5.26 Å². The van der Waals surface area contributed by atoms with Gasteiger partial charge in [0, 0.05) is 6.42 Å². The number of nitrogens with zero attached hydrogens (tertiary/aromatic N) is 2. The predicted octanol–water partition coefficient (Wildman–Crippen LogP) is 3.12. The highest BCUT2D eigenvalue weighted by atomic mass is 16.5. The summed E-state index contributed by atoms with van der Waals surface area (Å²) in [5.41, 5.74) is 6.84. The largest absolute Gasteiger partial charge is 0.497 e. The number of carbonyl (C=O) groups is 1. The second-order valence-corrected chi connectivity index (χ2v) is 4.90. The number of esters is 1. The molecule has 7 heteroatoms. The van der Waals surface area contributed by atoms with Gasteiger partial charge in [-0.15, -0.1) is 0 Å². The second-order valence-electron chi connectivity index (χ2n) is 4.90. The molecule has 25 heavy (non-hydrogen) atoms. The first-order valence-electron chi connectivity index (χ1n) is 7.88. The number of methoxy groups -OCH3 is 2. The molecule has 1 aromatic rings. The zero-order chi connectivity index (χ0) is 19.0. The first-order valence-corrected chi connectivity index (χ1v) is 7.88. The number of rotatable bonds is 4. The molecule has 0 amide bonds. The van der Waals surface area contributed by atoms with Crippen molar-refractivity contribution in [3.05, 3.63) is 41.0 Å². The number of nitrogen functional groups attached to an aromatic ring is 1. The van der Waals surface area contributed by atoms with Crippen LogP contribution in [-0.2, 0) is 9.47 Å². The summed E-state index contributed by atoms with van der Waals surface area (Å²) in [4.78, 5) is 16.1. The molecule has 1 aliphatic rings. The highest BCUT2D eigenvalue weighted by molar-refractivity contribution is 5.94. The molecule has 0 saturated carbocycles. The van der Waals surface area contributed by atoms with Gasteiger partial charge in [0.1, 0.15) is 11.3 Å². The summed E-state index contributed by atoms with van der Waals surface area (Å²) >= 11 is 0. The van der Waals surface area contributed by atoms with E-state index in [9.17, 15) is 4.79 Å². The lowest BCUT2D eigenvalue weighted by molar-refractivity contribution is 0.0595. The Morgan fingerprint density at radius 1 is 1.40 bits per heavy atom. The minimum atomic E-state index is -0.591. The fourth-order valence-corrected chi connectivity index (χ4v) is 2.15.